The number of rotatable bonds is 6. The predicted molar refractivity (Wildman–Crippen MR) is 106 cm³/mol. The van der Waals surface area contributed by atoms with Gasteiger partial charge < -0.3 is 20.5 Å². The van der Waals surface area contributed by atoms with Gasteiger partial charge in [0.2, 0.25) is 5.91 Å². The lowest BCUT2D eigenvalue weighted by Gasteiger charge is -2.56. The Morgan fingerprint density at radius 2 is 1.97 bits per heavy atom. The average molecular weight is 448 g/mol. The standard InChI is InChI=1S/C20H31ClFN3O5/c21-13-2-1-12(9-14(13)22)29-11-17(27)24-20-6-4-19(5-7-20,10-16(20)26)25-18(28)15-3-8-23-30-15/h12-16,23,26H,1-11H2,(H,24,27)(H,25,28). The lowest BCUT2D eigenvalue weighted by molar-refractivity contribution is -0.144. The maximum atomic E-state index is 13.7. The molecule has 0 radical (unpaired) electrons. The summed E-state index contributed by atoms with van der Waals surface area (Å²) in [6.07, 6.45) is 2.23. The second kappa shape index (κ2) is 8.86. The van der Waals surface area contributed by atoms with E-state index in [2.05, 4.69) is 16.1 Å². The zero-order chi connectivity index (χ0) is 21.4. The highest BCUT2D eigenvalue weighted by atomic mass is 35.5. The van der Waals surface area contributed by atoms with E-state index in [0.29, 0.717) is 57.9 Å². The van der Waals surface area contributed by atoms with Crippen LogP contribution in [0, 0.1) is 0 Å². The minimum absolute atomic E-state index is 0.156. The van der Waals surface area contributed by atoms with Crippen molar-refractivity contribution in [2.75, 3.05) is 13.2 Å². The number of alkyl halides is 2. The van der Waals surface area contributed by atoms with Crippen LogP contribution in [0.15, 0.2) is 0 Å². The van der Waals surface area contributed by atoms with E-state index in [-0.39, 0.29) is 30.9 Å². The van der Waals surface area contributed by atoms with Gasteiger partial charge in [-0.25, -0.2) is 9.87 Å². The molecule has 10 heteroatoms. The van der Waals surface area contributed by atoms with Gasteiger partial charge in [-0.2, -0.15) is 0 Å². The zero-order valence-electron chi connectivity index (χ0n) is 17.0. The average Bonchev–Trinajstić information content (AvgIpc) is 3.25. The van der Waals surface area contributed by atoms with Crippen molar-refractivity contribution in [2.24, 2.45) is 0 Å². The number of amides is 2. The van der Waals surface area contributed by atoms with E-state index in [4.69, 9.17) is 21.2 Å². The van der Waals surface area contributed by atoms with E-state index < -0.39 is 34.8 Å². The summed E-state index contributed by atoms with van der Waals surface area (Å²) >= 11 is 5.89. The number of carbonyl (C=O) groups is 2. The van der Waals surface area contributed by atoms with Crippen molar-refractivity contribution < 1.29 is 28.7 Å². The van der Waals surface area contributed by atoms with Crippen LogP contribution in [0.1, 0.15) is 57.8 Å². The molecule has 30 heavy (non-hydrogen) atoms. The number of carbonyl (C=O) groups excluding carboxylic acids is 2. The fraction of sp³-hybridized carbons (Fsp3) is 0.900. The van der Waals surface area contributed by atoms with Crippen molar-refractivity contribution in [3.8, 4) is 0 Å². The van der Waals surface area contributed by atoms with Gasteiger partial charge >= 0.3 is 0 Å². The molecule has 0 spiro atoms. The molecule has 1 aliphatic heterocycles. The Morgan fingerprint density at radius 3 is 2.60 bits per heavy atom. The quantitative estimate of drug-likeness (QED) is 0.449. The van der Waals surface area contributed by atoms with Crippen molar-refractivity contribution in [3.05, 3.63) is 0 Å². The van der Waals surface area contributed by atoms with E-state index in [1.807, 2.05) is 0 Å². The summed E-state index contributed by atoms with van der Waals surface area (Å²) in [6, 6.07) is 0. The molecule has 170 valence electrons. The van der Waals surface area contributed by atoms with Gasteiger partial charge in [0, 0.05) is 18.5 Å². The molecule has 1 heterocycles. The number of hydrogen-bond acceptors (Lipinski definition) is 6. The second-order valence-corrected chi connectivity index (χ2v) is 9.82. The molecule has 5 unspecified atom stereocenters. The number of aliphatic hydroxyl groups is 1. The SMILES string of the molecule is O=C(COC1CCC(Cl)C(F)C1)NC12CCC(NC(=O)C3CCNO3)(CC1)CC2O. The third-order valence-electron chi connectivity index (χ3n) is 7.22. The summed E-state index contributed by atoms with van der Waals surface area (Å²) in [5.41, 5.74) is 1.55. The zero-order valence-corrected chi connectivity index (χ0v) is 17.8. The van der Waals surface area contributed by atoms with Crippen LogP contribution >= 0.6 is 11.6 Å². The van der Waals surface area contributed by atoms with Crippen molar-refractivity contribution in [3.63, 3.8) is 0 Å². The third-order valence-corrected chi connectivity index (χ3v) is 7.71. The van der Waals surface area contributed by atoms with Crippen LogP contribution < -0.4 is 16.1 Å². The van der Waals surface area contributed by atoms with Gasteiger partial charge in [-0.1, -0.05) is 0 Å². The smallest absolute Gasteiger partial charge is 0.251 e. The molecule has 4 aliphatic carbocycles. The second-order valence-electron chi connectivity index (χ2n) is 9.26. The normalized spacial score (nSPS) is 43.4. The van der Waals surface area contributed by atoms with E-state index in [9.17, 15) is 19.1 Å². The Bertz CT molecular complexity index is 654. The number of fused-ring (bicyclic) bond motifs is 3. The Hall–Kier alpha value is -1.00. The summed E-state index contributed by atoms with van der Waals surface area (Å²) in [5, 5.41) is 16.4. The first-order valence-corrected chi connectivity index (χ1v) is 11.3. The van der Waals surface area contributed by atoms with E-state index in [1.165, 1.54) is 0 Å². The molecule has 0 aromatic heterocycles. The molecule has 5 fully saturated rings. The van der Waals surface area contributed by atoms with E-state index in [0.717, 1.165) is 0 Å². The van der Waals surface area contributed by atoms with Gasteiger partial charge in [-0.05, 0) is 51.4 Å². The molecule has 5 atom stereocenters. The lowest BCUT2D eigenvalue weighted by Crippen LogP contribution is -2.70. The Balaban J connectivity index is 1.27. The maximum Gasteiger partial charge on any atom is 0.251 e. The summed E-state index contributed by atoms with van der Waals surface area (Å²) in [6.45, 7) is 0.483. The van der Waals surface area contributed by atoms with Crippen molar-refractivity contribution in [1.82, 2.24) is 16.1 Å². The van der Waals surface area contributed by atoms with Gasteiger partial charge in [0.05, 0.1) is 23.1 Å². The minimum atomic E-state index is -1.11. The van der Waals surface area contributed by atoms with Gasteiger partial charge in [0.25, 0.3) is 5.91 Å². The third kappa shape index (κ3) is 4.60. The number of halogens is 2. The number of hydrogen-bond donors (Lipinski definition) is 4. The molecule has 4 saturated carbocycles. The highest BCUT2D eigenvalue weighted by molar-refractivity contribution is 6.21. The Labute approximate surface area is 180 Å². The summed E-state index contributed by atoms with van der Waals surface area (Å²) < 4.78 is 19.3. The van der Waals surface area contributed by atoms with Crippen LogP contribution in [0.4, 0.5) is 4.39 Å². The molecule has 5 rings (SSSR count). The number of hydroxylamine groups is 1. The first-order chi connectivity index (χ1) is 14.3. The van der Waals surface area contributed by atoms with Gasteiger partial charge in [0.15, 0.2) is 6.10 Å². The van der Waals surface area contributed by atoms with Crippen LogP contribution in [-0.2, 0) is 19.2 Å². The minimum Gasteiger partial charge on any atom is -0.391 e. The largest absolute Gasteiger partial charge is 0.391 e. The molecule has 5 aliphatic rings. The molecular weight excluding hydrogens is 417 g/mol. The molecular formula is C20H31ClFN3O5. The molecule has 4 N–H and O–H groups in total. The molecule has 2 amide bonds. The van der Waals surface area contributed by atoms with E-state index in [1.54, 1.807) is 0 Å². The highest BCUT2D eigenvalue weighted by Crippen LogP contribution is 2.47. The predicted octanol–water partition coefficient (Wildman–Crippen LogP) is 0.843. The Morgan fingerprint density at radius 1 is 1.20 bits per heavy atom. The van der Waals surface area contributed by atoms with Crippen LogP contribution in [0.5, 0.6) is 0 Å². The summed E-state index contributed by atoms with van der Waals surface area (Å²) in [7, 11) is 0. The number of aliphatic hydroxyl groups excluding tert-OH is 1. The summed E-state index contributed by atoms with van der Waals surface area (Å²) in [4.78, 5) is 30.2. The van der Waals surface area contributed by atoms with E-state index >= 15 is 0 Å². The first-order valence-electron chi connectivity index (χ1n) is 10.9. The van der Waals surface area contributed by atoms with Crippen molar-refractivity contribution >= 4 is 23.4 Å². The topological polar surface area (TPSA) is 109 Å². The Kier molecular flexibility index (Phi) is 6.56. The molecule has 2 bridgehead atoms. The lowest BCUT2D eigenvalue weighted by atomic mass is 9.60. The van der Waals surface area contributed by atoms with Crippen LogP contribution in [-0.4, -0.2) is 71.0 Å². The highest BCUT2D eigenvalue weighted by Gasteiger charge is 2.55. The van der Waals surface area contributed by atoms with Crippen molar-refractivity contribution in [2.45, 2.75) is 98.7 Å². The van der Waals surface area contributed by atoms with Crippen LogP contribution in [0.2, 0.25) is 0 Å². The van der Waals surface area contributed by atoms with Crippen molar-refractivity contribution in [1.29, 1.82) is 0 Å². The van der Waals surface area contributed by atoms with Crippen LogP contribution in [0.3, 0.4) is 0 Å². The molecule has 8 nitrogen and oxygen atoms in total. The molecule has 0 aromatic carbocycles. The maximum absolute atomic E-state index is 13.7. The van der Waals surface area contributed by atoms with Gasteiger partial charge in [-0.15, -0.1) is 11.6 Å². The fourth-order valence-electron chi connectivity index (χ4n) is 5.30. The molecule has 0 aromatic rings. The number of nitrogens with one attached hydrogen (secondary N) is 3. The van der Waals surface area contributed by atoms with Gasteiger partial charge in [0.1, 0.15) is 12.8 Å². The summed E-state index contributed by atoms with van der Waals surface area (Å²) in [5.74, 6) is -0.460. The monoisotopic (exact) mass is 447 g/mol. The first kappa shape index (κ1) is 22.2. The fourth-order valence-corrected chi connectivity index (χ4v) is 5.53. The molecule has 1 saturated heterocycles. The van der Waals surface area contributed by atoms with Gasteiger partial charge in [-0.3, -0.25) is 14.4 Å². The number of ether oxygens (including phenoxy) is 1. The van der Waals surface area contributed by atoms with Crippen LogP contribution in [0.25, 0.3) is 0 Å².